The number of furan rings is 1. The minimum atomic E-state index is -3.68. The smallest absolute Gasteiger partial charge is 0.241 e. The van der Waals surface area contributed by atoms with Crippen LogP contribution in [0, 0.1) is 5.92 Å². The molecule has 0 fully saturated rings. The van der Waals surface area contributed by atoms with Crippen LogP contribution in [0.2, 0.25) is 0 Å². The molecule has 0 bridgehead atoms. The second-order valence-electron chi connectivity index (χ2n) is 5.91. The Bertz CT molecular complexity index is 768. The number of amides is 1. The fourth-order valence-corrected chi connectivity index (χ4v) is 3.09. The van der Waals surface area contributed by atoms with Crippen molar-refractivity contribution >= 4 is 21.6 Å². The van der Waals surface area contributed by atoms with E-state index in [9.17, 15) is 13.2 Å². The molecule has 130 valence electrons. The molecule has 0 atom stereocenters. The van der Waals surface area contributed by atoms with E-state index in [2.05, 4.69) is 10.0 Å². The van der Waals surface area contributed by atoms with E-state index in [0.29, 0.717) is 23.8 Å². The highest BCUT2D eigenvalue weighted by Gasteiger charge is 2.15. The third kappa shape index (κ3) is 5.50. The molecule has 0 saturated heterocycles. The molecule has 6 nitrogen and oxygen atoms in total. The Morgan fingerprint density at radius 2 is 2.00 bits per heavy atom. The van der Waals surface area contributed by atoms with Crippen LogP contribution in [0.3, 0.4) is 0 Å². The molecule has 2 aromatic rings. The summed E-state index contributed by atoms with van der Waals surface area (Å²) in [5.41, 5.74) is 0.463. The SMILES string of the molecule is CC(C)CCC(=O)Nc1cccc(S(=O)(=O)NCc2ccco2)c1. The van der Waals surface area contributed by atoms with Crippen LogP contribution in [0.1, 0.15) is 32.4 Å². The number of nitrogens with one attached hydrogen (secondary N) is 2. The lowest BCUT2D eigenvalue weighted by Crippen LogP contribution is -2.23. The van der Waals surface area contributed by atoms with Gasteiger partial charge in [0.25, 0.3) is 0 Å². The maximum absolute atomic E-state index is 12.3. The highest BCUT2D eigenvalue weighted by atomic mass is 32.2. The predicted octanol–water partition coefficient (Wildman–Crippen LogP) is 3.13. The third-order valence-corrected chi connectivity index (χ3v) is 4.79. The molecule has 0 saturated carbocycles. The lowest BCUT2D eigenvalue weighted by atomic mass is 10.1. The monoisotopic (exact) mass is 350 g/mol. The summed E-state index contributed by atoms with van der Waals surface area (Å²) < 4.78 is 32.2. The summed E-state index contributed by atoms with van der Waals surface area (Å²) in [6, 6.07) is 9.56. The molecule has 2 rings (SSSR count). The van der Waals surface area contributed by atoms with Crippen LogP contribution >= 0.6 is 0 Å². The van der Waals surface area contributed by atoms with Crippen LogP contribution in [0.5, 0.6) is 0 Å². The van der Waals surface area contributed by atoms with Gasteiger partial charge in [-0.15, -0.1) is 0 Å². The number of benzene rings is 1. The van der Waals surface area contributed by atoms with Crippen molar-refractivity contribution in [2.45, 2.75) is 38.1 Å². The summed E-state index contributed by atoms with van der Waals surface area (Å²) >= 11 is 0. The molecule has 7 heteroatoms. The van der Waals surface area contributed by atoms with Crippen LogP contribution in [0.25, 0.3) is 0 Å². The maximum atomic E-state index is 12.3. The molecule has 2 N–H and O–H groups in total. The summed E-state index contributed by atoms with van der Waals surface area (Å²) in [5, 5.41) is 2.73. The first-order chi connectivity index (χ1) is 11.4. The molecule has 0 unspecified atom stereocenters. The summed E-state index contributed by atoms with van der Waals surface area (Å²) in [4.78, 5) is 12.0. The Hall–Kier alpha value is -2.12. The molecule has 0 aliphatic rings. The number of anilines is 1. The van der Waals surface area contributed by atoms with E-state index in [-0.39, 0.29) is 17.3 Å². The normalized spacial score (nSPS) is 11.6. The molecular formula is C17H22N2O4S. The van der Waals surface area contributed by atoms with Gasteiger partial charge >= 0.3 is 0 Å². The number of hydrogen-bond donors (Lipinski definition) is 2. The second-order valence-corrected chi connectivity index (χ2v) is 7.68. The van der Waals surface area contributed by atoms with Crippen molar-refractivity contribution in [3.63, 3.8) is 0 Å². The number of carbonyl (C=O) groups is 1. The average Bonchev–Trinajstić information content (AvgIpc) is 3.05. The average molecular weight is 350 g/mol. The fraction of sp³-hybridized carbons (Fsp3) is 0.353. The van der Waals surface area contributed by atoms with E-state index in [1.807, 2.05) is 13.8 Å². The van der Waals surface area contributed by atoms with Gasteiger partial charge in [0.05, 0.1) is 17.7 Å². The van der Waals surface area contributed by atoms with Gasteiger partial charge in [0.2, 0.25) is 15.9 Å². The van der Waals surface area contributed by atoms with Gasteiger partial charge < -0.3 is 9.73 Å². The molecular weight excluding hydrogens is 328 g/mol. The van der Waals surface area contributed by atoms with Crippen molar-refractivity contribution in [2.75, 3.05) is 5.32 Å². The van der Waals surface area contributed by atoms with Crippen LogP contribution in [-0.4, -0.2) is 14.3 Å². The maximum Gasteiger partial charge on any atom is 0.241 e. The van der Waals surface area contributed by atoms with Crippen LogP contribution in [-0.2, 0) is 21.4 Å². The van der Waals surface area contributed by atoms with Gasteiger partial charge in [0.15, 0.2) is 0 Å². The highest BCUT2D eigenvalue weighted by Crippen LogP contribution is 2.17. The van der Waals surface area contributed by atoms with Crippen LogP contribution < -0.4 is 10.0 Å². The third-order valence-electron chi connectivity index (χ3n) is 3.39. The van der Waals surface area contributed by atoms with Gasteiger partial charge in [-0.3, -0.25) is 4.79 Å². The molecule has 1 amide bonds. The number of carbonyl (C=O) groups excluding carboxylic acids is 1. The van der Waals surface area contributed by atoms with Crippen molar-refractivity contribution in [1.29, 1.82) is 0 Å². The van der Waals surface area contributed by atoms with E-state index < -0.39 is 10.0 Å². The zero-order valence-electron chi connectivity index (χ0n) is 13.8. The standard InChI is InChI=1S/C17H22N2O4S/c1-13(2)8-9-17(20)19-14-5-3-7-16(11-14)24(21,22)18-12-15-6-4-10-23-15/h3-7,10-11,13,18H,8-9,12H2,1-2H3,(H,19,20). The minimum absolute atomic E-state index is 0.0698. The summed E-state index contributed by atoms with van der Waals surface area (Å²) in [6.45, 7) is 4.16. The topological polar surface area (TPSA) is 88.4 Å². The van der Waals surface area contributed by atoms with Crippen LogP contribution in [0.4, 0.5) is 5.69 Å². The van der Waals surface area contributed by atoms with Gasteiger partial charge in [-0.05, 0) is 42.7 Å². The van der Waals surface area contributed by atoms with E-state index >= 15 is 0 Å². The molecule has 0 radical (unpaired) electrons. The summed E-state index contributed by atoms with van der Waals surface area (Å²) in [5.74, 6) is 0.840. The second kappa shape index (κ2) is 8.12. The zero-order chi connectivity index (χ0) is 17.6. The Balaban J connectivity index is 2.01. The number of rotatable bonds is 8. The first-order valence-electron chi connectivity index (χ1n) is 7.79. The Kier molecular flexibility index (Phi) is 6.16. The van der Waals surface area contributed by atoms with Crippen molar-refractivity contribution in [3.05, 3.63) is 48.4 Å². The molecule has 1 heterocycles. The van der Waals surface area contributed by atoms with Gasteiger partial charge in [-0.1, -0.05) is 19.9 Å². The molecule has 1 aromatic carbocycles. The van der Waals surface area contributed by atoms with Crippen molar-refractivity contribution < 1.29 is 17.6 Å². The number of hydrogen-bond acceptors (Lipinski definition) is 4. The van der Waals surface area contributed by atoms with Crippen molar-refractivity contribution in [2.24, 2.45) is 5.92 Å². The van der Waals surface area contributed by atoms with Crippen molar-refractivity contribution in [1.82, 2.24) is 4.72 Å². The van der Waals surface area contributed by atoms with Crippen molar-refractivity contribution in [3.8, 4) is 0 Å². The molecule has 0 aliphatic heterocycles. The Morgan fingerprint density at radius 1 is 1.21 bits per heavy atom. The van der Waals surface area contributed by atoms with Gasteiger partial charge in [-0.2, -0.15) is 0 Å². The van der Waals surface area contributed by atoms with Gasteiger partial charge in [-0.25, -0.2) is 13.1 Å². The molecule has 1 aromatic heterocycles. The zero-order valence-corrected chi connectivity index (χ0v) is 14.6. The molecule has 0 aliphatic carbocycles. The predicted molar refractivity (Wildman–Crippen MR) is 91.9 cm³/mol. The molecule has 24 heavy (non-hydrogen) atoms. The van der Waals surface area contributed by atoms with E-state index in [1.165, 1.54) is 18.4 Å². The first kappa shape index (κ1) is 18.2. The quantitative estimate of drug-likeness (QED) is 0.765. The van der Waals surface area contributed by atoms with Crippen LogP contribution in [0.15, 0.2) is 52.0 Å². The lowest BCUT2D eigenvalue weighted by molar-refractivity contribution is -0.116. The van der Waals surface area contributed by atoms with E-state index in [1.54, 1.807) is 24.3 Å². The summed E-state index contributed by atoms with van der Waals surface area (Å²) in [6.07, 6.45) is 2.68. The fourth-order valence-electron chi connectivity index (χ4n) is 2.05. The van der Waals surface area contributed by atoms with E-state index in [4.69, 9.17) is 4.42 Å². The Labute approximate surface area is 142 Å². The largest absolute Gasteiger partial charge is 0.468 e. The Morgan fingerprint density at radius 3 is 2.67 bits per heavy atom. The number of sulfonamides is 1. The van der Waals surface area contributed by atoms with Gasteiger partial charge in [0, 0.05) is 12.1 Å². The first-order valence-corrected chi connectivity index (χ1v) is 9.27. The lowest BCUT2D eigenvalue weighted by Gasteiger charge is -2.09. The van der Waals surface area contributed by atoms with E-state index in [0.717, 1.165) is 6.42 Å². The molecule has 0 spiro atoms. The van der Waals surface area contributed by atoms with Gasteiger partial charge in [0.1, 0.15) is 5.76 Å². The summed E-state index contributed by atoms with van der Waals surface area (Å²) in [7, 11) is -3.68. The highest BCUT2D eigenvalue weighted by molar-refractivity contribution is 7.89. The minimum Gasteiger partial charge on any atom is -0.468 e.